The molecule has 0 atom stereocenters. The highest BCUT2D eigenvalue weighted by molar-refractivity contribution is 7.90. The molecular formula is C13H19NO3S. The molecule has 1 saturated carbocycles. The van der Waals surface area contributed by atoms with Crippen LogP contribution in [0, 0.1) is 0 Å². The van der Waals surface area contributed by atoms with Gasteiger partial charge in [-0.1, -0.05) is 12.1 Å². The molecule has 0 radical (unpaired) electrons. The number of nitrogens with one attached hydrogen (secondary N) is 1. The monoisotopic (exact) mass is 269 g/mol. The topological polar surface area (TPSA) is 66.4 Å². The van der Waals surface area contributed by atoms with Gasteiger partial charge in [0.15, 0.2) is 9.84 Å². The number of hydrogen-bond donors (Lipinski definition) is 2. The summed E-state index contributed by atoms with van der Waals surface area (Å²) in [5, 5.41) is 12.7. The van der Waals surface area contributed by atoms with Gasteiger partial charge >= 0.3 is 0 Å². The Hall–Kier alpha value is -1.07. The van der Waals surface area contributed by atoms with Gasteiger partial charge < -0.3 is 10.4 Å². The van der Waals surface area contributed by atoms with Gasteiger partial charge in [0.1, 0.15) is 0 Å². The normalized spacial score (nSPS) is 24.8. The van der Waals surface area contributed by atoms with E-state index >= 15 is 0 Å². The highest BCUT2D eigenvalue weighted by Crippen LogP contribution is 2.26. The summed E-state index contributed by atoms with van der Waals surface area (Å²) in [5.41, 5.74) is 0.668. The fourth-order valence-electron chi connectivity index (χ4n) is 2.35. The lowest BCUT2D eigenvalue weighted by Gasteiger charge is -2.27. The fourth-order valence-corrected chi connectivity index (χ4v) is 3.20. The SMILES string of the molecule is CS(=O)(=O)c1ccccc1NC1CCC(O)CC1. The summed E-state index contributed by atoms with van der Waals surface area (Å²) in [7, 11) is -3.21. The fraction of sp³-hybridized carbons (Fsp3) is 0.538. The number of anilines is 1. The summed E-state index contributed by atoms with van der Waals surface area (Å²) >= 11 is 0. The predicted molar refractivity (Wildman–Crippen MR) is 71.4 cm³/mol. The molecule has 2 rings (SSSR count). The zero-order valence-electron chi connectivity index (χ0n) is 10.5. The molecule has 0 saturated heterocycles. The number of para-hydroxylation sites is 1. The molecule has 5 heteroatoms. The number of aliphatic hydroxyl groups is 1. The van der Waals surface area contributed by atoms with Crippen molar-refractivity contribution in [2.45, 2.75) is 42.7 Å². The van der Waals surface area contributed by atoms with Gasteiger partial charge in [0.25, 0.3) is 0 Å². The minimum atomic E-state index is -3.21. The molecule has 1 fully saturated rings. The molecule has 100 valence electrons. The van der Waals surface area contributed by atoms with Crippen molar-refractivity contribution in [2.24, 2.45) is 0 Å². The third-order valence-electron chi connectivity index (χ3n) is 3.34. The van der Waals surface area contributed by atoms with Crippen LogP contribution in [-0.4, -0.2) is 31.9 Å². The second kappa shape index (κ2) is 5.28. The molecule has 1 aromatic rings. The molecule has 0 heterocycles. The van der Waals surface area contributed by atoms with E-state index in [9.17, 15) is 13.5 Å². The average molecular weight is 269 g/mol. The van der Waals surface area contributed by atoms with Crippen LogP contribution >= 0.6 is 0 Å². The second-order valence-electron chi connectivity index (χ2n) is 4.92. The third kappa shape index (κ3) is 3.23. The Morgan fingerprint density at radius 3 is 2.39 bits per heavy atom. The van der Waals surface area contributed by atoms with Crippen LogP contribution in [0.4, 0.5) is 5.69 Å². The summed E-state index contributed by atoms with van der Waals surface area (Å²) in [6, 6.07) is 7.22. The number of sulfone groups is 1. The first-order chi connectivity index (χ1) is 8.47. The van der Waals surface area contributed by atoms with E-state index in [2.05, 4.69) is 5.32 Å². The maximum atomic E-state index is 11.7. The van der Waals surface area contributed by atoms with Crippen LogP contribution in [0.25, 0.3) is 0 Å². The van der Waals surface area contributed by atoms with E-state index in [4.69, 9.17) is 0 Å². The Balaban J connectivity index is 2.15. The number of aliphatic hydroxyl groups excluding tert-OH is 1. The molecule has 2 N–H and O–H groups in total. The maximum Gasteiger partial charge on any atom is 0.177 e. The van der Waals surface area contributed by atoms with Crippen molar-refractivity contribution in [2.75, 3.05) is 11.6 Å². The molecule has 1 aliphatic carbocycles. The lowest BCUT2D eigenvalue weighted by molar-refractivity contribution is 0.126. The van der Waals surface area contributed by atoms with Crippen molar-refractivity contribution in [3.63, 3.8) is 0 Å². The Labute approximate surface area is 108 Å². The molecule has 1 aromatic carbocycles. The van der Waals surface area contributed by atoms with Crippen LogP contribution in [0.2, 0.25) is 0 Å². The summed E-state index contributed by atoms with van der Waals surface area (Å²) in [4.78, 5) is 0.344. The summed E-state index contributed by atoms with van der Waals surface area (Å²) in [6.45, 7) is 0. The van der Waals surface area contributed by atoms with E-state index in [-0.39, 0.29) is 12.1 Å². The molecule has 0 spiro atoms. The van der Waals surface area contributed by atoms with Gasteiger partial charge in [0, 0.05) is 12.3 Å². The number of rotatable bonds is 3. The smallest absolute Gasteiger partial charge is 0.177 e. The summed E-state index contributed by atoms with van der Waals surface area (Å²) in [6.07, 6.45) is 4.32. The highest BCUT2D eigenvalue weighted by atomic mass is 32.2. The first-order valence-electron chi connectivity index (χ1n) is 6.20. The van der Waals surface area contributed by atoms with E-state index in [0.29, 0.717) is 10.6 Å². The predicted octanol–water partition coefficient (Wildman–Crippen LogP) is 1.81. The van der Waals surface area contributed by atoms with Crippen molar-refractivity contribution in [1.82, 2.24) is 0 Å². The molecule has 0 unspecified atom stereocenters. The minimum absolute atomic E-state index is 0.201. The van der Waals surface area contributed by atoms with E-state index in [1.165, 1.54) is 6.26 Å². The van der Waals surface area contributed by atoms with Gasteiger partial charge in [0.2, 0.25) is 0 Å². The molecule has 18 heavy (non-hydrogen) atoms. The van der Waals surface area contributed by atoms with Gasteiger partial charge in [-0.3, -0.25) is 0 Å². The van der Waals surface area contributed by atoms with Gasteiger partial charge in [-0.2, -0.15) is 0 Å². The molecular weight excluding hydrogens is 250 g/mol. The van der Waals surface area contributed by atoms with Gasteiger partial charge in [-0.15, -0.1) is 0 Å². The van der Waals surface area contributed by atoms with E-state index in [0.717, 1.165) is 25.7 Å². The minimum Gasteiger partial charge on any atom is -0.393 e. The lowest BCUT2D eigenvalue weighted by Crippen LogP contribution is -2.28. The van der Waals surface area contributed by atoms with Gasteiger partial charge in [-0.05, 0) is 37.8 Å². The molecule has 1 aliphatic rings. The van der Waals surface area contributed by atoms with Crippen molar-refractivity contribution in [1.29, 1.82) is 0 Å². The van der Waals surface area contributed by atoms with Gasteiger partial charge in [-0.25, -0.2) is 8.42 Å². The Morgan fingerprint density at radius 1 is 1.17 bits per heavy atom. The zero-order valence-corrected chi connectivity index (χ0v) is 11.3. The quantitative estimate of drug-likeness (QED) is 0.878. The average Bonchev–Trinajstić information content (AvgIpc) is 2.31. The number of hydrogen-bond acceptors (Lipinski definition) is 4. The van der Waals surface area contributed by atoms with Crippen molar-refractivity contribution in [3.8, 4) is 0 Å². The van der Waals surface area contributed by atoms with E-state index < -0.39 is 9.84 Å². The molecule has 0 aliphatic heterocycles. The van der Waals surface area contributed by atoms with Crippen LogP contribution in [0.15, 0.2) is 29.2 Å². The first-order valence-corrected chi connectivity index (χ1v) is 8.09. The largest absolute Gasteiger partial charge is 0.393 e. The van der Waals surface area contributed by atoms with Gasteiger partial charge in [0.05, 0.1) is 16.7 Å². The Kier molecular flexibility index (Phi) is 3.92. The van der Waals surface area contributed by atoms with Crippen LogP contribution in [0.3, 0.4) is 0 Å². The molecule has 0 aromatic heterocycles. The van der Waals surface area contributed by atoms with Crippen molar-refractivity contribution >= 4 is 15.5 Å². The third-order valence-corrected chi connectivity index (χ3v) is 4.50. The van der Waals surface area contributed by atoms with Crippen LogP contribution in [-0.2, 0) is 9.84 Å². The standard InChI is InChI=1S/C13H19NO3S/c1-18(16,17)13-5-3-2-4-12(13)14-10-6-8-11(15)9-7-10/h2-5,10-11,14-15H,6-9H2,1H3. The summed E-state index contributed by atoms with van der Waals surface area (Å²) < 4.78 is 23.3. The van der Waals surface area contributed by atoms with Crippen molar-refractivity contribution < 1.29 is 13.5 Å². The number of benzene rings is 1. The zero-order chi connectivity index (χ0) is 13.2. The molecule has 4 nitrogen and oxygen atoms in total. The summed E-state index contributed by atoms with van der Waals surface area (Å²) in [5.74, 6) is 0. The Bertz CT molecular complexity index is 505. The second-order valence-corrected chi connectivity index (χ2v) is 6.90. The van der Waals surface area contributed by atoms with Crippen molar-refractivity contribution in [3.05, 3.63) is 24.3 Å². The first kappa shape index (κ1) is 13.4. The molecule has 0 bridgehead atoms. The van der Waals surface area contributed by atoms with E-state index in [1.807, 2.05) is 6.07 Å². The van der Waals surface area contributed by atoms with Crippen LogP contribution in [0.5, 0.6) is 0 Å². The lowest BCUT2D eigenvalue weighted by atomic mass is 9.93. The molecule has 0 amide bonds. The maximum absolute atomic E-state index is 11.7. The highest BCUT2D eigenvalue weighted by Gasteiger charge is 2.21. The van der Waals surface area contributed by atoms with E-state index in [1.54, 1.807) is 18.2 Å². The van der Waals surface area contributed by atoms with Crippen LogP contribution < -0.4 is 5.32 Å². The van der Waals surface area contributed by atoms with Crippen LogP contribution in [0.1, 0.15) is 25.7 Å². The Morgan fingerprint density at radius 2 is 1.78 bits per heavy atom.